The average Bonchev–Trinajstić information content (AvgIpc) is 3.44. The second kappa shape index (κ2) is 8.49. The summed E-state index contributed by atoms with van der Waals surface area (Å²) >= 11 is 6.15. The standard InChI is InChI=1S/C21H22ClN5O5S/c22-14-9-17(20(23-11-14)27-7-6-26-5-1-2-15(26)12-27)25-33(30,31)16-4-3-13-8-19(21(28)24-29)32-18(13)10-16/h3-4,8-11,15,25,29H,1-2,5-7,12H2,(H,24,28). The molecule has 3 N–H and O–H groups in total. The lowest BCUT2D eigenvalue weighted by molar-refractivity contribution is 0.0678. The van der Waals surface area contributed by atoms with Crippen LogP contribution in [0.25, 0.3) is 11.0 Å². The lowest BCUT2D eigenvalue weighted by atomic mass is 10.1. The third-order valence-corrected chi connectivity index (χ3v) is 7.66. The van der Waals surface area contributed by atoms with E-state index in [0.29, 0.717) is 28.0 Å². The van der Waals surface area contributed by atoms with Gasteiger partial charge in [0.15, 0.2) is 11.6 Å². The fourth-order valence-corrected chi connectivity index (χ4v) is 5.72. The summed E-state index contributed by atoms with van der Waals surface area (Å²) in [6, 6.07) is 7.66. The van der Waals surface area contributed by atoms with Crippen LogP contribution in [0.3, 0.4) is 0 Å². The number of hydrogen-bond donors (Lipinski definition) is 3. The molecule has 0 bridgehead atoms. The number of furan rings is 1. The van der Waals surface area contributed by atoms with Gasteiger partial charge in [-0.25, -0.2) is 18.9 Å². The van der Waals surface area contributed by atoms with E-state index in [4.69, 9.17) is 21.2 Å². The zero-order valence-corrected chi connectivity index (χ0v) is 19.1. The van der Waals surface area contributed by atoms with E-state index in [2.05, 4.69) is 19.5 Å². The zero-order chi connectivity index (χ0) is 23.2. The molecule has 2 aromatic heterocycles. The minimum Gasteiger partial charge on any atom is -0.451 e. The van der Waals surface area contributed by atoms with Crippen LogP contribution in [-0.4, -0.2) is 61.6 Å². The summed E-state index contributed by atoms with van der Waals surface area (Å²) in [5.41, 5.74) is 1.98. The Morgan fingerprint density at radius 1 is 1.21 bits per heavy atom. The van der Waals surface area contributed by atoms with Crippen molar-refractivity contribution in [3.05, 3.63) is 47.3 Å². The number of halogens is 1. The van der Waals surface area contributed by atoms with Crippen LogP contribution in [0.15, 0.2) is 45.8 Å². The molecular weight excluding hydrogens is 470 g/mol. The average molecular weight is 492 g/mol. The molecule has 3 aromatic rings. The normalized spacial score (nSPS) is 19.0. The summed E-state index contributed by atoms with van der Waals surface area (Å²) in [5.74, 6) is -0.427. The predicted octanol–water partition coefficient (Wildman–Crippen LogP) is 2.69. The molecule has 2 saturated heterocycles. The van der Waals surface area contributed by atoms with Gasteiger partial charge in [-0.1, -0.05) is 11.6 Å². The minimum absolute atomic E-state index is 0.0492. The van der Waals surface area contributed by atoms with Crippen LogP contribution in [0.1, 0.15) is 23.4 Å². The van der Waals surface area contributed by atoms with E-state index in [0.717, 1.165) is 32.6 Å². The molecule has 2 fully saturated rings. The second-order valence-electron chi connectivity index (χ2n) is 8.16. The van der Waals surface area contributed by atoms with Gasteiger partial charge in [-0.05, 0) is 43.7 Å². The molecule has 0 aliphatic carbocycles. The molecular formula is C21H22ClN5O5S. The number of hydroxylamine groups is 1. The van der Waals surface area contributed by atoms with Gasteiger partial charge in [0, 0.05) is 43.3 Å². The molecule has 174 valence electrons. The topological polar surface area (TPSA) is 128 Å². The van der Waals surface area contributed by atoms with E-state index in [-0.39, 0.29) is 16.2 Å². The molecule has 10 nitrogen and oxygen atoms in total. The summed E-state index contributed by atoms with van der Waals surface area (Å²) in [6.07, 6.45) is 3.80. The van der Waals surface area contributed by atoms with Crippen molar-refractivity contribution in [3.8, 4) is 0 Å². The van der Waals surface area contributed by atoms with Gasteiger partial charge in [-0.3, -0.25) is 19.6 Å². The van der Waals surface area contributed by atoms with Crippen molar-refractivity contribution >= 4 is 50.0 Å². The van der Waals surface area contributed by atoms with Crippen LogP contribution in [0.2, 0.25) is 5.02 Å². The van der Waals surface area contributed by atoms with Gasteiger partial charge in [0.25, 0.3) is 10.0 Å². The number of nitrogens with zero attached hydrogens (tertiary/aromatic N) is 3. The maximum Gasteiger partial charge on any atom is 0.310 e. The number of fused-ring (bicyclic) bond motifs is 2. The number of sulfonamides is 1. The fraction of sp³-hybridized carbons (Fsp3) is 0.333. The van der Waals surface area contributed by atoms with E-state index < -0.39 is 15.9 Å². The number of benzene rings is 1. The van der Waals surface area contributed by atoms with Crippen LogP contribution in [0.5, 0.6) is 0 Å². The summed E-state index contributed by atoms with van der Waals surface area (Å²) in [5, 5.41) is 9.62. The molecule has 12 heteroatoms. The van der Waals surface area contributed by atoms with Crippen LogP contribution in [0.4, 0.5) is 11.5 Å². The number of hydrogen-bond acceptors (Lipinski definition) is 8. The highest BCUT2D eigenvalue weighted by Crippen LogP contribution is 2.32. The Bertz CT molecular complexity index is 1330. The lowest BCUT2D eigenvalue weighted by Gasteiger charge is -2.38. The molecule has 0 saturated carbocycles. The van der Waals surface area contributed by atoms with Crippen molar-refractivity contribution in [3.63, 3.8) is 0 Å². The van der Waals surface area contributed by atoms with Gasteiger partial charge in [-0.2, -0.15) is 0 Å². The molecule has 0 spiro atoms. The Balaban J connectivity index is 1.44. The number of carbonyl (C=O) groups excluding carboxylic acids is 1. The van der Waals surface area contributed by atoms with Crippen molar-refractivity contribution < 1.29 is 22.8 Å². The molecule has 1 amide bonds. The number of piperazine rings is 1. The number of pyridine rings is 1. The van der Waals surface area contributed by atoms with Crippen molar-refractivity contribution in [2.75, 3.05) is 35.8 Å². The number of amides is 1. The molecule has 2 aliphatic heterocycles. The van der Waals surface area contributed by atoms with Gasteiger partial charge in [0.2, 0.25) is 0 Å². The SMILES string of the molecule is O=C(NO)c1cc2ccc(S(=O)(=O)Nc3cc(Cl)cnc3N3CCN4CCCC4C3)cc2o1. The highest BCUT2D eigenvalue weighted by atomic mass is 35.5. The molecule has 1 aromatic carbocycles. The second-order valence-corrected chi connectivity index (χ2v) is 10.3. The van der Waals surface area contributed by atoms with E-state index in [1.165, 1.54) is 42.4 Å². The maximum absolute atomic E-state index is 13.2. The predicted molar refractivity (Wildman–Crippen MR) is 122 cm³/mol. The number of aromatic nitrogens is 1. The minimum atomic E-state index is -4.01. The molecule has 5 rings (SSSR count). The van der Waals surface area contributed by atoms with E-state index in [1.54, 1.807) is 6.07 Å². The Labute approximate surface area is 195 Å². The van der Waals surface area contributed by atoms with Crippen molar-refractivity contribution in [1.29, 1.82) is 0 Å². The number of carbonyl (C=O) groups is 1. The zero-order valence-electron chi connectivity index (χ0n) is 17.5. The first-order chi connectivity index (χ1) is 15.8. The van der Waals surface area contributed by atoms with Crippen LogP contribution in [-0.2, 0) is 10.0 Å². The maximum atomic E-state index is 13.2. The van der Waals surface area contributed by atoms with Gasteiger partial charge >= 0.3 is 5.91 Å². The van der Waals surface area contributed by atoms with E-state index >= 15 is 0 Å². The number of nitrogens with one attached hydrogen (secondary N) is 2. The largest absolute Gasteiger partial charge is 0.451 e. The number of rotatable bonds is 5. The van der Waals surface area contributed by atoms with E-state index in [9.17, 15) is 13.2 Å². The van der Waals surface area contributed by atoms with Gasteiger partial charge < -0.3 is 9.32 Å². The highest BCUT2D eigenvalue weighted by Gasteiger charge is 2.32. The molecule has 4 heterocycles. The molecule has 2 aliphatic rings. The molecule has 1 unspecified atom stereocenters. The summed E-state index contributed by atoms with van der Waals surface area (Å²) in [4.78, 5) is 20.5. The van der Waals surface area contributed by atoms with Crippen LogP contribution < -0.4 is 15.1 Å². The van der Waals surface area contributed by atoms with Crippen LogP contribution in [0, 0.1) is 0 Å². The van der Waals surface area contributed by atoms with E-state index in [1.807, 2.05) is 0 Å². The van der Waals surface area contributed by atoms with Crippen molar-refractivity contribution in [1.82, 2.24) is 15.4 Å². The molecule has 33 heavy (non-hydrogen) atoms. The van der Waals surface area contributed by atoms with Crippen molar-refractivity contribution in [2.24, 2.45) is 0 Å². The van der Waals surface area contributed by atoms with Crippen LogP contribution >= 0.6 is 11.6 Å². The fourth-order valence-electron chi connectivity index (χ4n) is 4.49. The third kappa shape index (κ3) is 4.24. The Morgan fingerprint density at radius 3 is 2.88 bits per heavy atom. The smallest absolute Gasteiger partial charge is 0.310 e. The summed E-state index contributed by atoms with van der Waals surface area (Å²) < 4.78 is 34.4. The molecule has 1 atom stereocenters. The first-order valence-electron chi connectivity index (χ1n) is 10.5. The first-order valence-corrected chi connectivity index (χ1v) is 12.4. The quantitative estimate of drug-likeness (QED) is 0.367. The lowest BCUT2D eigenvalue weighted by Crippen LogP contribution is -2.50. The monoisotopic (exact) mass is 491 g/mol. The molecule has 0 radical (unpaired) electrons. The first kappa shape index (κ1) is 22.0. The Hall–Kier alpha value is -2.86. The van der Waals surface area contributed by atoms with Gasteiger partial charge in [-0.15, -0.1) is 0 Å². The number of anilines is 2. The van der Waals surface area contributed by atoms with Gasteiger partial charge in [0.05, 0.1) is 15.6 Å². The highest BCUT2D eigenvalue weighted by molar-refractivity contribution is 7.92. The Morgan fingerprint density at radius 2 is 2.06 bits per heavy atom. The summed E-state index contributed by atoms with van der Waals surface area (Å²) in [6.45, 7) is 3.52. The Kier molecular flexibility index (Phi) is 5.65. The van der Waals surface area contributed by atoms with Gasteiger partial charge in [0.1, 0.15) is 5.58 Å². The van der Waals surface area contributed by atoms with Crippen molar-refractivity contribution in [2.45, 2.75) is 23.8 Å². The summed E-state index contributed by atoms with van der Waals surface area (Å²) in [7, 11) is -4.01. The third-order valence-electron chi connectivity index (χ3n) is 6.09.